The predicted octanol–water partition coefficient (Wildman–Crippen LogP) is 3.51. The van der Waals surface area contributed by atoms with Crippen molar-refractivity contribution >= 4 is 64.0 Å². The van der Waals surface area contributed by atoms with Gasteiger partial charge in [-0.1, -0.05) is 0 Å². The van der Waals surface area contributed by atoms with Crippen LogP contribution in [0.3, 0.4) is 0 Å². The van der Waals surface area contributed by atoms with Crippen LogP contribution in [0.15, 0.2) is 42.5 Å². The Kier molecular flexibility index (Phi) is 7.65. The fourth-order valence-electron chi connectivity index (χ4n) is 4.40. The summed E-state index contributed by atoms with van der Waals surface area (Å²) < 4.78 is 10.0. The lowest BCUT2D eigenvalue weighted by molar-refractivity contribution is -0.383. The summed E-state index contributed by atoms with van der Waals surface area (Å²) in [5, 5.41) is 12.7. The first-order valence-corrected chi connectivity index (χ1v) is 12.0. The van der Waals surface area contributed by atoms with Crippen molar-refractivity contribution in [2.45, 2.75) is 23.6 Å². The quantitative estimate of drug-likeness (QED) is 0.181. The van der Waals surface area contributed by atoms with E-state index in [0.717, 1.165) is 4.90 Å². The minimum atomic E-state index is -0.843. The van der Waals surface area contributed by atoms with Gasteiger partial charge in [-0.15, -0.1) is 23.2 Å². The van der Waals surface area contributed by atoms with Crippen molar-refractivity contribution in [1.29, 1.82) is 0 Å². The van der Waals surface area contributed by atoms with Crippen molar-refractivity contribution in [2.24, 2.45) is 11.8 Å². The third-order valence-corrected chi connectivity index (χ3v) is 7.38. The monoisotopic (exact) mass is 549 g/mol. The van der Waals surface area contributed by atoms with E-state index in [4.69, 9.17) is 32.7 Å². The van der Waals surface area contributed by atoms with E-state index in [9.17, 15) is 29.3 Å². The molecule has 3 amide bonds. The fraction of sp³-hybridized carbons (Fsp3) is 0.333. The zero-order valence-electron chi connectivity index (χ0n) is 19.4. The van der Waals surface area contributed by atoms with E-state index in [1.165, 1.54) is 49.6 Å². The molecule has 2 aromatic rings. The Balaban J connectivity index is 1.38. The summed E-state index contributed by atoms with van der Waals surface area (Å²) >= 11 is 12.4. The van der Waals surface area contributed by atoms with Gasteiger partial charge in [-0.2, -0.15) is 0 Å². The number of alkyl halides is 2. The molecule has 0 unspecified atom stereocenters. The number of fused-ring (bicyclic) bond motifs is 1. The normalized spacial score (nSPS) is 22.8. The molecule has 11 nitrogen and oxygen atoms in total. The van der Waals surface area contributed by atoms with Crippen molar-refractivity contribution in [3.8, 4) is 5.75 Å². The predicted molar refractivity (Wildman–Crippen MR) is 133 cm³/mol. The Morgan fingerprint density at radius 1 is 1.05 bits per heavy atom. The van der Waals surface area contributed by atoms with Crippen molar-refractivity contribution in [2.75, 3.05) is 23.9 Å². The minimum Gasteiger partial charge on any atom is -0.497 e. The van der Waals surface area contributed by atoms with Crippen molar-refractivity contribution in [1.82, 2.24) is 0 Å². The number of nitrogens with one attached hydrogen (secondary N) is 1. The highest BCUT2D eigenvalue weighted by molar-refractivity contribution is 6.31. The smallest absolute Gasteiger partial charge is 0.338 e. The van der Waals surface area contributed by atoms with Gasteiger partial charge in [0.2, 0.25) is 11.8 Å². The van der Waals surface area contributed by atoms with E-state index in [2.05, 4.69) is 5.32 Å². The van der Waals surface area contributed by atoms with Crippen LogP contribution in [0.4, 0.5) is 17.1 Å². The molecule has 1 saturated carbocycles. The molecular weight excluding hydrogens is 529 g/mol. The molecule has 4 rings (SSSR count). The fourth-order valence-corrected chi connectivity index (χ4v) is 4.99. The second-order valence-electron chi connectivity index (χ2n) is 8.54. The van der Waals surface area contributed by atoms with Gasteiger partial charge in [0.1, 0.15) is 11.4 Å². The maximum atomic E-state index is 12.9. The zero-order chi connectivity index (χ0) is 26.9. The van der Waals surface area contributed by atoms with Crippen LogP contribution in [0.5, 0.6) is 5.75 Å². The zero-order valence-corrected chi connectivity index (χ0v) is 20.9. The molecule has 2 aromatic carbocycles. The summed E-state index contributed by atoms with van der Waals surface area (Å²) in [6.45, 7) is -0.708. The number of hydrogen-bond donors (Lipinski definition) is 1. The number of anilines is 2. The van der Waals surface area contributed by atoms with E-state index in [1.807, 2.05) is 0 Å². The third kappa shape index (κ3) is 5.37. The SMILES string of the molecule is COc1ccc([N+](=O)[O-])c(NC(=O)COC(=O)c2ccc(N3C(=O)[C@@H]4C[C@H](Cl)[C@@H](Cl)C[C@H]4C3=O)cc2)c1. The highest BCUT2D eigenvalue weighted by Crippen LogP contribution is 2.43. The molecule has 0 radical (unpaired) electrons. The maximum absolute atomic E-state index is 12.9. The van der Waals surface area contributed by atoms with Gasteiger partial charge in [-0.3, -0.25) is 29.4 Å². The van der Waals surface area contributed by atoms with Crippen molar-refractivity contribution < 1.29 is 33.6 Å². The van der Waals surface area contributed by atoms with E-state index < -0.39 is 46.0 Å². The molecular formula is C24H21Cl2N3O8. The Morgan fingerprint density at radius 3 is 2.19 bits per heavy atom. The summed E-state index contributed by atoms with van der Waals surface area (Å²) in [5.41, 5.74) is -0.107. The lowest BCUT2D eigenvalue weighted by Gasteiger charge is -2.28. The largest absolute Gasteiger partial charge is 0.497 e. The second kappa shape index (κ2) is 10.7. The maximum Gasteiger partial charge on any atom is 0.338 e. The molecule has 1 heterocycles. The van der Waals surface area contributed by atoms with E-state index in [1.54, 1.807) is 0 Å². The number of rotatable bonds is 7. The van der Waals surface area contributed by atoms with Gasteiger partial charge in [0.25, 0.3) is 11.6 Å². The van der Waals surface area contributed by atoms with E-state index in [-0.39, 0.29) is 34.5 Å². The first kappa shape index (κ1) is 26.4. The summed E-state index contributed by atoms with van der Waals surface area (Å²) in [6.07, 6.45) is 0.625. The molecule has 1 aliphatic heterocycles. The highest BCUT2D eigenvalue weighted by Gasteiger charge is 2.52. The van der Waals surface area contributed by atoms with Gasteiger partial charge in [0, 0.05) is 12.1 Å². The summed E-state index contributed by atoms with van der Waals surface area (Å²) in [4.78, 5) is 62.0. The highest BCUT2D eigenvalue weighted by atomic mass is 35.5. The molecule has 1 N–H and O–H groups in total. The first-order chi connectivity index (χ1) is 17.6. The second-order valence-corrected chi connectivity index (χ2v) is 9.66. The standard InChI is InChI=1S/C24H21Cl2N3O8/c1-36-14-6-7-20(29(34)35)19(8-14)27-21(30)11-37-24(33)12-2-4-13(5-3-12)28-22(31)15-9-17(25)18(26)10-16(15)23(28)32/h2-8,15-18H,9-11H2,1H3,(H,27,30)/t15-,16-,17+,18+/m1/s1. The molecule has 0 aromatic heterocycles. The Hall–Kier alpha value is -3.70. The van der Waals surface area contributed by atoms with Crippen LogP contribution in [0.2, 0.25) is 0 Å². The average molecular weight is 550 g/mol. The van der Waals surface area contributed by atoms with Gasteiger partial charge in [0.15, 0.2) is 6.61 Å². The number of halogens is 2. The van der Waals surface area contributed by atoms with Crippen molar-refractivity contribution in [3.05, 3.63) is 58.1 Å². The van der Waals surface area contributed by atoms with Crippen LogP contribution in [-0.4, -0.2) is 53.1 Å². The lowest BCUT2D eigenvalue weighted by Crippen LogP contribution is -2.34. The van der Waals surface area contributed by atoms with Crippen LogP contribution < -0.4 is 15.0 Å². The number of amides is 3. The first-order valence-electron chi connectivity index (χ1n) is 11.2. The van der Waals surface area contributed by atoms with Gasteiger partial charge in [0.05, 0.1) is 45.9 Å². The third-order valence-electron chi connectivity index (χ3n) is 6.28. The number of carbonyl (C=O) groups is 4. The van der Waals surface area contributed by atoms with Crippen LogP contribution in [-0.2, 0) is 19.1 Å². The Bertz CT molecular complexity index is 1240. The molecule has 1 saturated heterocycles. The molecule has 0 spiro atoms. The number of ether oxygens (including phenoxy) is 2. The van der Waals surface area contributed by atoms with Gasteiger partial charge in [-0.05, 0) is 43.2 Å². The number of nitro benzene ring substituents is 1. The summed E-state index contributed by atoms with van der Waals surface area (Å²) in [7, 11) is 1.37. The minimum absolute atomic E-state index is 0.0714. The number of nitrogens with zero attached hydrogens (tertiary/aromatic N) is 2. The lowest BCUT2D eigenvalue weighted by atomic mass is 9.80. The summed E-state index contributed by atoms with van der Waals surface area (Å²) in [6, 6.07) is 9.40. The van der Waals surface area contributed by atoms with Gasteiger partial charge in [-0.25, -0.2) is 4.79 Å². The number of esters is 1. The number of imide groups is 1. The van der Waals surface area contributed by atoms with E-state index >= 15 is 0 Å². The number of benzene rings is 2. The Labute approximate surface area is 220 Å². The molecule has 2 fully saturated rings. The molecule has 0 bridgehead atoms. The van der Waals surface area contributed by atoms with Crippen LogP contribution in [0.25, 0.3) is 0 Å². The molecule has 2 aliphatic rings. The number of carbonyl (C=O) groups excluding carboxylic acids is 4. The molecule has 194 valence electrons. The number of hydrogen-bond acceptors (Lipinski definition) is 8. The average Bonchev–Trinajstić information content (AvgIpc) is 3.11. The van der Waals surface area contributed by atoms with Crippen molar-refractivity contribution in [3.63, 3.8) is 0 Å². The summed E-state index contributed by atoms with van der Waals surface area (Å²) in [5.74, 6) is -3.14. The van der Waals surface area contributed by atoms with E-state index in [0.29, 0.717) is 18.5 Å². The van der Waals surface area contributed by atoms with Crippen LogP contribution >= 0.6 is 23.2 Å². The van der Waals surface area contributed by atoms with Gasteiger partial charge < -0.3 is 14.8 Å². The number of nitro groups is 1. The molecule has 1 aliphatic carbocycles. The topological polar surface area (TPSA) is 145 Å². The molecule has 13 heteroatoms. The number of methoxy groups -OCH3 is 1. The molecule has 37 heavy (non-hydrogen) atoms. The van der Waals surface area contributed by atoms with Crippen LogP contribution in [0, 0.1) is 22.0 Å². The molecule has 4 atom stereocenters. The van der Waals surface area contributed by atoms with Crippen LogP contribution in [0.1, 0.15) is 23.2 Å². The Morgan fingerprint density at radius 2 is 1.65 bits per heavy atom. The van der Waals surface area contributed by atoms with Gasteiger partial charge >= 0.3 is 5.97 Å².